The summed E-state index contributed by atoms with van der Waals surface area (Å²) in [6.45, 7) is 0.464. The molecule has 3 aromatic carbocycles. The molecule has 29 heavy (non-hydrogen) atoms. The summed E-state index contributed by atoms with van der Waals surface area (Å²) in [5, 5.41) is 4.11. The van der Waals surface area contributed by atoms with E-state index in [1.807, 2.05) is 42.5 Å². The summed E-state index contributed by atoms with van der Waals surface area (Å²) in [4.78, 5) is 12.8. The van der Waals surface area contributed by atoms with Crippen molar-refractivity contribution in [1.82, 2.24) is 0 Å². The molecule has 0 atom stereocenters. The van der Waals surface area contributed by atoms with Crippen molar-refractivity contribution in [3.05, 3.63) is 101 Å². The number of nitrogens with one attached hydrogen (secondary N) is 1. The second-order valence-corrected chi connectivity index (χ2v) is 6.71. The summed E-state index contributed by atoms with van der Waals surface area (Å²) in [6.07, 6.45) is 0. The van der Waals surface area contributed by atoms with Crippen LogP contribution in [-0.4, -0.2) is 0 Å². The number of fused-ring (bicyclic) bond motifs is 3. The quantitative estimate of drug-likeness (QED) is 0.388. The SMILES string of the molecule is O=c1oc2ccccc2c2oc(NCc3ccccc3)c(-c3ccccc3F)c12. The summed E-state index contributed by atoms with van der Waals surface area (Å²) in [6, 6.07) is 23.2. The molecule has 0 fully saturated rings. The van der Waals surface area contributed by atoms with E-state index in [2.05, 4.69) is 5.32 Å². The van der Waals surface area contributed by atoms with Crippen molar-refractivity contribution in [2.24, 2.45) is 0 Å². The third kappa shape index (κ3) is 2.97. The van der Waals surface area contributed by atoms with Gasteiger partial charge in [0, 0.05) is 12.1 Å². The summed E-state index contributed by atoms with van der Waals surface area (Å²) >= 11 is 0. The number of halogens is 1. The van der Waals surface area contributed by atoms with Gasteiger partial charge in [-0.2, -0.15) is 0 Å². The predicted molar refractivity (Wildman–Crippen MR) is 111 cm³/mol. The molecule has 0 spiro atoms. The van der Waals surface area contributed by atoms with E-state index < -0.39 is 11.4 Å². The number of benzene rings is 3. The Bertz CT molecular complexity index is 1390. The van der Waals surface area contributed by atoms with Crippen molar-refractivity contribution in [2.75, 3.05) is 5.32 Å². The average molecular weight is 385 g/mol. The number of para-hydroxylation sites is 1. The first-order valence-corrected chi connectivity index (χ1v) is 9.23. The minimum atomic E-state index is -0.562. The van der Waals surface area contributed by atoms with Crippen LogP contribution in [0.4, 0.5) is 10.3 Å². The first-order valence-electron chi connectivity index (χ1n) is 9.23. The minimum Gasteiger partial charge on any atom is -0.439 e. The van der Waals surface area contributed by atoms with Gasteiger partial charge in [0.1, 0.15) is 16.8 Å². The Kier molecular flexibility index (Phi) is 4.13. The van der Waals surface area contributed by atoms with Gasteiger partial charge >= 0.3 is 5.63 Å². The molecule has 142 valence electrons. The summed E-state index contributed by atoms with van der Waals surface area (Å²) in [5.41, 5.74) is 1.93. The standard InChI is InChI=1S/C24H16FNO3/c25-18-12-6-4-10-16(18)20-21-22(17-11-5-7-13-19(17)28-24(21)27)29-23(20)26-14-15-8-2-1-3-9-15/h1-13,26H,14H2. The van der Waals surface area contributed by atoms with Gasteiger partial charge < -0.3 is 14.2 Å². The van der Waals surface area contributed by atoms with Crippen LogP contribution in [0.5, 0.6) is 0 Å². The highest BCUT2D eigenvalue weighted by molar-refractivity contribution is 6.09. The Morgan fingerprint density at radius 1 is 0.828 bits per heavy atom. The molecule has 5 aromatic rings. The van der Waals surface area contributed by atoms with Crippen LogP contribution in [0.15, 0.2) is 92.5 Å². The molecule has 0 aliphatic carbocycles. The smallest absolute Gasteiger partial charge is 0.348 e. The maximum absolute atomic E-state index is 14.7. The van der Waals surface area contributed by atoms with Gasteiger partial charge in [0.15, 0.2) is 5.58 Å². The highest BCUT2D eigenvalue weighted by Gasteiger charge is 2.24. The van der Waals surface area contributed by atoms with Crippen LogP contribution in [0.1, 0.15) is 5.56 Å². The molecule has 5 rings (SSSR count). The molecule has 0 saturated heterocycles. The van der Waals surface area contributed by atoms with E-state index in [0.29, 0.717) is 34.5 Å². The number of furan rings is 1. The van der Waals surface area contributed by atoms with Gasteiger partial charge in [0.25, 0.3) is 0 Å². The fraction of sp³-hybridized carbons (Fsp3) is 0.0417. The van der Waals surface area contributed by atoms with Crippen molar-refractivity contribution < 1.29 is 13.2 Å². The zero-order valence-electron chi connectivity index (χ0n) is 15.3. The van der Waals surface area contributed by atoms with Crippen molar-refractivity contribution in [3.8, 4) is 11.1 Å². The van der Waals surface area contributed by atoms with Gasteiger partial charge in [-0.1, -0.05) is 60.7 Å². The largest absolute Gasteiger partial charge is 0.439 e. The van der Waals surface area contributed by atoms with E-state index in [4.69, 9.17) is 8.83 Å². The molecule has 0 radical (unpaired) electrons. The maximum Gasteiger partial charge on any atom is 0.348 e. The second-order valence-electron chi connectivity index (χ2n) is 6.71. The molecule has 0 aliphatic heterocycles. The molecule has 0 amide bonds. The van der Waals surface area contributed by atoms with Crippen molar-refractivity contribution in [3.63, 3.8) is 0 Å². The van der Waals surface area contributed by atoms with Gasteiger partial charge in [-0.15, -0.1) is 0 Å². The molecular formula is C24H16FNO3. The molecule has 0 bridgehead atoms. The molecule has 5 heteroatoms. The topological polar surface area (TPSA) is 55.4 Å². The average Bonchev–Trinajstić information content (AvgIpc) is 3.14. The zero-order chi connectivity index (χ0) is 19.8. The van der Waals surface area contributed by atoms with Crippen molar-refractivity contribution in [1.29, 1.82) is 0 Å². The van der Waals surface area contributed by atoms with Gasteiger partial charge in [-0.3, -0.25) is 0 Å². The zero-order valence-corrected chi connectivity index (χ0v) is 15.3. The van der Waals surface area contributed by atoms with E-state index >= 15 is 0 Å². The number of rotatable bonds is 4. The van der Waals surface area contributed by atoms with Crippen molar-refractivity contribution in [2.45, 2.75) is 6.54 Å². The number of hydrogen-bond donors (Lipinski definition) is 1. The second kappa shape index (κ2) is 6.95. The normalized spacial score (nSPS) is 11.2. The summed E-state index contributed by atoms with van der Waals surface area (Å²) in [5.74, 6) is -0.108. The van der Waals surface area contributed by atoms with Crippen LogP contribution in [0, 0.1) is 5.82 Å². The molecule has 2 aromatic heterocycles. The maximum atomic E-state index is 14.7. The lowest BCUT2D eigenvalue weighted by atomic mass is 10.0. The first kappa shape index (κ1) is 17.3. The third-order valence-corrected chi connectivity index (χ3v) is 4.89. The van der Waals surface area contributed by atoms with Gasteiger partial charge in [-0.25, -0.2) is 9.18 Å². The van der Waals surface area contributed by atoms with Crippen LogP contribution in [0.2, 0.25) is 0 Å². The molecule has 1 N–H and O–H groups in total. The highest BCUT2D eigenvalue weighted by atomic mass is 19.1. The Morgan fingerprint density at radius 2 is 1.55 bits per heavy atom. The van der Waals surface area contributed by atoms with Crippen LogP contribution in [0.3, 0.4) is 0 Å². The summed E-state index contributed by atoms with van der Waals surface area (Å²) < 4.78 is 26.2. The molecule has 0 unspecified atom stereocenters. The number of anilines is 1. The molecule has 2 heterocycles. The van der Waals surface area contributed by atoms with Gasteiger partial charge in [-0.05, 0) is 23.8 Å². The van der Waals surface area contributed by atoms with E-state index in [9.17, 15) is 9.18 Å². The van der Waals surface area contributed by atoms with Gasteiger partial charge in [0.2, 0.25) is 5.88 Å². The third-order valence-electron chi connectivity index (χ3n) is 4.89. The Morgan fingerprint density at radius 3 is 2.38 bits per heavy atom. The lowest BCUT2D eigenvalue weighted by Crippen LogP contribution is -2.02. The molecular weight excluding hydrogens is 369 g/mol. The van der Waals surface area contributed by atoms with E-state index in [0.717, 1.165) is 5.56 Å². The van der Waals surface area contributed by atoms with Crippen LogP contribution >= 0.6 is 0 Å². The van der Waals surface area contributed by atoms with E-state index in [1.54, 1.807) is 30.3 Å². The highest BCUT2D eigenvalue weighted by Crippen LogP contribution is 2.40. The van der Waals surface area contributed by atoms with Crippen LogP contribution in [0.25, 0.3) is 33.1 Å². The lowest BCUT2D eigenvalue weighted by molar-refractivity contribution is 0.565. The Hall–Kier alpha value is -3.86. The minimum absolute atomic E-state index is 0.226. The van der Waals surface area contributed by atoms with E-state index in [-0.39, 0.29) is 10.9 Å². The summed E-state index contributed by atoms with van der Waals surface area (Å²) in [7, 11) is 0. The monoisotopic (exact) mass is 385 g/mol. The molecule has 0 aliphatic rings. The lowest BCUT2D eigenvalue weighted by Gasteiger charge is -2.07. The predicted octanol–water partition coefficient (Wildman–Crippen LogP) is 5.96. The Balaban J connectivity index is 1.77. The van der Waals surface area contributed by atoms with Gasteiger partial charge in [0.05, 0.1) is 10.9 Å². The molecule has 4 nitrogen and oxygen atoms in total. The molecule has 0 saturated carbocycles. The first-order chi connectivity index (χ1) is 14.2. The van der Waals surface area contributed by atoms with Crippen LogP contribution < -0.4 is 10.9 Å². The van der Waals surface area contributed by atoms with Crippen LogP contribution in [-0.2, 0) is 6.54 Å². The Labute approximate surface area is 165 Å². The number of hydrogen-bond acceptors (Lipinski definition) is 4. The fourth-order valence-corrected chi connectivity index (χ4v) is 3.53. The fourth-order valence-electron chi connectivity index (χ4n) is 3.53. The van der Waals surface area contributed by atoms with Crippen molar-refractivity contribution >= 4 is 27.8 Å². The van der Waals surface area contributed by atoms with E-state index in [1.165, 1.54) is 6.07 Å².